The lowest BCUT2D eigenvalue weighted by Crippen LogP contribution is -2.68. The Bertz CT molecular complexity index is 3440. The number of likely N-dealkylation sites (N-methyl/N-ethyl adjacent to an activating group) is 6. The lowest BCUT2D eigenvalue weighted by Gasteiger charge is -2.46. The molecule has 2 heterocycles. The molecule has 5 rings (SSSR count). The van der Waals surface area contributed by atoms with Crippen LogP contribution in [0.1, 0.15) is 154 Å². The van der Waals surface area contributed by atoms with E-state index in [4.69, 9.17) is 9.47 Å². The number of ether oxygens (including phenoxy) is 2. The van der Waals surface area contributed by atoms with Crippen LogP contribution in [0.4, 0.5) is 13.2 Å². The molecule has 29 heteroatoms. The summed E-state index contributed by atoms with van der Waals surface area (Å²) in [6, 6.07) is -1.55. The molecule has 4 aliphatic rings. The molecule has 3 fully saturated rings. The highest BCUT2D eigenvalue weighted by Crippen LogP contribution is 2.39. The molecule has 3 unspecified atom stereocenters. The number of likely N-dealkylation sites (tertiary alicyclic amines) is 1. The number of rotatable bonds is 40. The minimum atomic E-state index is -4.86. The van der Waals surface area contributed by atoms with Crippen molar-refractivity contribution in [2.24, 2.45) is 11.8 Å². The molecular formula is C79H117F3N12O14. The van der Waals surface area contributed by atoms with Crippen LogP contribution in [0.5, 0.6) is 0 Å². The minimum Gasteiger partial charge on any atom is -0.496 e. The van der Waals surface area contributed by atoms with E-state index in [1.165, 1.54) is 89.8 Å². The third kappa shape index (κ3) is 23.9. The highest BCUT2D eigenvalue weighted by atomic mass is 19.4. The third-order valence-electron chi connectivity index (χ3n) is 21.5. The molecule has 1 aromatic rings. The number of halogens is 3. The highest BCUT2D eigenvalue weighted by Gasteiger charge is 2.53. The summed E-state index contributed by atoms with van der Waals surface area (Å²) in [5, 5.41) is 11.1. The lowest BCUT2D eigenvalue weighted by atomic mass is 9.74. The summed E-state index contributed by atoms with van der Waals surface area (Å²) in [6.07, 6.45) is 11.1. The second kappa shape index (κ2) is 42.6. The molecule has 1 aromatic carbocycles. The predicted molar refractivity (Wildman–Crippen MR) is 404 cm³/mol. The second-order valence-corrected chi connectivity index (χ2v) is 28.8. The number of hydrogen-bond acceptors (Lipinski definition) is 14. The average molecular weight is 1520 g/mol. The molecule has 0 aromatic heterocycles. The van der Waals surface area contributed by atoms with Gasteiger partial charge in [0, 0.05) is 95.3 Å². The largest absolute Gasteiger partial charge is 0.496 e. The first-order valence-corrected chi connectivity index (χ1v) is 37.6. The van der Waals surface area contributed by atoms with Crippen molar-refractivity contribution in [2.45, 2.75) is 209 Å². The first-order valence-electron chi connectivity index (χ1n) is 37.6. The Labute approximate surface area is 635 Å². The molecule has 0 bridgehead atoms. The molecule has 9 atom stereocenters. The van der Waals surface area contributed by atoms with Gasteiger partial charge in [0.2, 0.25) is 70.9 Å². The van der Waals surface area contributed by atoms with Crippen molar-refractivity contribution in [3.05, 3.63) is 103 Å². The van der Waals surface area contributed by atoms with E-state index in [0.717, 1.165) is 55.8 Å². The number of unbranched alkanes of at least 4 members (excludes halogenated alkanes) is 3. The van der Waals surface area contributed by atoms with Crippen molar-refractivity contribution < 1.29 is 80.2 Å². The first-order chi connectivity index (χ1) is 51.2. The number of nitrogens with zero attached hydrogens (tertiary/aromatic N) is 8. The highest BCUT2D eigenvalue weighted by molar-refractivity contribution is 6.00. The fourth-order valence-electron chi connectivity index (χ4n) is 14.3. The monoisotopic (exact) mass is 1510 g/mol. The maximum Gasteiger partial charge on any atom is 0.419 e. The topological polar surface area (TPSA) is 297 Å². The summed E-state index contributed by atoms with van der Waals surface area (Å²) in [6.45, 7) is 15.2. The molecule has 26 nitrogen and oxygen atoms in total. The van der Waals surface area contributed by atoms with Crippen LogP contribution in [0.25, 0.3) is 6.08 Å². The molecule has 0 spiro atoms. The zero-order valence-corrected chi connectivity index (χ0v) is 65.4. The van der Waals surface area contributed by atoms with Crippen LogP contribution in [0.15, 0.2) is 91.8 Å². The Balaban J connectivity index is 1.46. The van der Waals surface area contributed by atoms with E-state index in [-0.39, 0.29) is 95.0 Å². The van der Waals surface area contributed by atoms with E-state index < -0.39 is 150 Å². The van der Waals surface area contributed by atoms with Gasteiger partial charge in [0.05, 0.1) is 38.3 Å². The normalized spacial score (nSPS) is 19.4. The van der Waals surface area contributed by atoms with Gasteiger partial charge in [0.25, 0.3) is 0 Å². The van der Waals surface area contributed by atoms with E-state index in [1.54, 1.807) is 50.4 Å². The van der Waals surface area contributed by atoms with E-state index in [2.05, 4.69) is 41.0 Å². The van der Waals surface area contributed by atoms with Gasteiger partial charge >= 0.3 is 6.18 Å². The van der Waals surface area contributed by atoms with Crippen molar-refractivity contribution in [3.63, 3.8) is 0 Å². The molecule has 108 heavy (non-hydrogen) atoms. The summed E-state index contributed by atoms with van der Waals surface area (Å²) in [5.74, 6) is -8.51. The van der Waals surface area contributed by atoms with Crippen molar-refractivity contribution in [2.75, 3.05) is 96.3 Å². The van der Waals surface area contributed by atoms with Gasteiger partial charge in [-0.25, -0.2) is 0 Å². The van der Waals surface area contributed by atoms with E-state index in [1.807, 2.05) is 26.0 Å². The van der Waals surface area contributed by atoms with Crippen molar-refractivity contribution in [3.8, 4) is 0 Å². The van der Waals surface area contributed by atoms with Crippen molar-refractivity contribution in [1.82, 2.24) is 60.5 Å². The smallest absolute Gasteiger partial charge is 0.419 e. The Hall–Kier alpha value is -9.15. The molecule has 1 saturated heterocycles. The maximum absolute atomic E-state index is 15.4. The summed E-state index contributed by atoms with van der Waals surface area (Å²) >= 11 is 0. The van der Waals surface area contributed by atoms with Crippen LogP contribution >= 0.6 is 0 Å². The quantitative estimate of drug-likeness (QED) is 0.0239. The van der Waals surface area contributed by atoms with E-state index >= 15 is 24.0 Å². The van der Waals surface area contributed by atoms with Crippen LogP contribution in [0, 0.1) is 11.8 Å². The van der Waals surface area contributed by atoms with Crippen LogP contribution in [0.3, 0.4) is 0 Å². The molecular weight excluding hydrogens is 1400 g/mol. The van der Waals surface area contributed by atoms with E-state index in [0.29, 0.717) is 50.3 Å². The number of hydrogen-bond donors (Lipinski definition) is 4. The van der Waals surface area contributed by atoms with Gasteiger partial charge in [-0.3, -0.25) is 57.5 Å². The molecule has 2 aliphatic carbocycles. The average Bonchev–Trinajstić information content (AvgIpc) is 0.796. The Kier molecular flexibility index (Phi) is 35.3. The van der Waals surface area contributed by atoms with Crippen molar-refractivity contribution in [1.29, 1.82) is 0 Å². The SMILES string of the molecule is C=CCCCCCC(=O)NC(C(=O)N(C)CC(=O)N(C)[C@H]1C/C=C\CCN(C(Cc2ccc(C=C)cc2)C(=O)N(C)CC(=O)N[C@@H](CC/C=C/C(OC)=C(\C=C)C(F)(F)F)C(=O)N2C[C@H](OC)C[C@H]2C(=O)NC2(C(=O)N(C)[C@H](C(=O)N(C)[C@@H](CC(=O)NC)C(=O)N(C)CC)C3CCCC3)CCC2)C1=O)C(C)CC. The fourth-order valence-corrected chi connectivity index (χ4v) is 14.3. The number of alkyl halides is 3. The first kappa shape index (κ1) is 89.5. The van der Waals surface area contributed by atoms with Gasteiger partial charge < -0.3 is 69.9 Å². The maximum atomic E-state index is 15.4. The molecule has 2 aliphatic heterocycles. The van der Waals surface area contributed by atoms with Gasteiger partial charge in [0.15, 0.2) is 0 Å². The van der Waals surface area contributed by atoms with Crippen LogP contribution in [-0.2, 0) is 73.4 Å². The van der Waals surface area contributed by atoms with Crippen molar-refractivity contribution >= 4 is 77.0 Å². The van der Waals surface area contributed by atoms with Crippen LogP contribution in [0.2, 0.25) is 0 Å². The number of benzene rings is 1. The molecule has 2 saturated carbocycles. The van der Waals surface area contributed by atoms with Gasteiger partial charge in [-0.2, -0.15) is 13.2 Å². The Morgan fingerprint density at radius 3 is 2.02 bits per heavy atom. The number of carbonyl (C=O) groups is 12. The van der Waals surface area contributed by atoms with Gasteiger partial charge in [0.1, 0.15) is 53.6 Å². The Morgan fingerprint density at radius 2 is 1.44 bits per heavy atom. The number of amides is 12. The standard InChI is InChI=1S/C79H117F3N12O14/c1-16-21-22-23-26-38-64(95)85-68(52(6)17-2)75(104)89(10)51-67(98)90(11)59-36-25-24-31-45-93(74(59)103)62(46-54-41-39-53(18-3)40-42-54)73(102)88(9)50-66(97)84-58(35-29-30-37-63(108-15)57(19-4)79(80,81)82)71(100)94-49-56(107-14)47-60(94)70(99)86-78(43-32-44-78)77(106)92(13)69(55-33-27-28-34-55)76(105)91(12)61(48-65(96)83-7)72(101)87(8)20-5/h16,18-19,24-25,30,37,39-42,52,55-56,58-62,68-69H,1,3-4,17,20-23,26-29,31-36,38,43-51H2,2,5-15H3,(H,83,96)(H,84,97)(H,85,95)(H,86,99)/b25-24-,37-30+,63-57-/t52?,56-,58+,59+,60+,61+,62?,68?,69+/m1/s1. The summed E-state index contributed by atoms with van der Waals surface area (Å²) in [7, 11) is 12.5. The Morgan fingerprint density at radius 1 is 0.778 bits per heavy atom. The van der Waals surface area contributed by atoms with E-state index in [9.17, 15) is 46.7 Å². The van der Waals surface area contributed by atoms with Gasteiger partial charge in [-0.15, -0.1) is 6.58 Å². The summed E-state index contributed by atoms with van der Waals surface area (Å²) in [4.78, 5) is 184. The summed E-state index contributed by atoms with van der Waals surface area (Å²) < 4.78 is 53.2. The zero-order valence-electron chi connectivity index (χ0n) is 65.4. The fraction of sp³-hybridized carbons (Fsp3) is 0.620. The molecule has 598 valence electrons. The van der Waals surface area contributed by atoms with Crippen LogP contribution < -0.4 is 21.3 Å². The number of nitrogens with one attached hydrogen (secondary N) is 4. The number of methoxy groups -OCH3 is 2. The summed E-state index contributed by atoms with van der Waals surface area (Å²) in [5.41, 5.74) is -1.37. The molecule has 12 amide bonds. The lowest BCUT2D eigenvalue weighted by molar-refractivity contribution is -0.157. The van der Waals surface area contributed by atoms with Crippen LogP contribution in [-0.4, -0.2) is 266 Å². The van der Waals surface area contributed by atoms with Gasteiger partial charge in [-0.1, -0.05) is 113 Å². The number of carbonyl (C=O) groups excluding carboxylic acids is 12. The molecule has 4 N–H and O–H groups in total. The zero-order chi connectivity index (χ0) is 80.3. The number of allylic oxidation sites excluding steroid dienone is 5. The molecule has 0 radical (unpaired) electrons. The van der Waals surface area contributed by atoms with Gasteiger partial charge in [-0.05, 0) is 113 Å². The predicted octanol–water partition coefficient (Wildman–Crippen LogP) is 6.41. The third-order valence-corrected chi connectivity index (χ3v) is 21.5. The second-order valence-electron chi connectivity index (χ2n) is 28.8. The minimum absolute atomic E-state index is 0.0149.